The standard InChI is InChI=1S/C18H15ClN2O4S/c19-17-6-5-13(21(23)24)11-16(17)18(22)20(12-14-3-1-9-25-14)8-7-15-4-2-10-26-15/h1-6,9-11H,7-8,12H2. The Hall–Kier alpha value is -2.64. The predicted molar refractivity (Wildman–Crippen MR) is 99.6 cm³/mol. The van der Waals surface area contributed by atoms with E-state index < -0.39 is 4.92 Å². The lowest BCUT2D eigenvalue weighted by molar-refractivity contribution is -0.384. The molecule has 0 bridgehead atoms. The third-order valence-corrected chi connectivity index (χ3v) is 5.08. The molecular weight excluding hydrogens is 376 g/mol. The van der Waals surface area contributed by atoms with Crippen LogP contribution in [0, 0.1) is 10.1 Å². The number of furan rings is 1. The molecule has 26 heavy (non-hydrogen) atoms. The fourth-order valence-electron chi connectivity index (χ4n) is 2.50. The Morgan fingerprint density at radius 2 is 2.12 bits per heavy atom. The molecule has 0 fully saturated rings. The Morgan fingerprint density at radius 3 is 2.77 bits per heavy atom. The van der Waals surface area contributed by atoms with Gasteiger partial charge in [-0.2, -0.15) is 0 Å². The summed E-state index contributed by atoms with van der Waals surface area (Å²) in [6.45, 7) is 0.704. The Balaban J connectivity index is 1.85. The van der Waals surface area contributed by atoms with E-state index in [1.54, 1.807) is 28.4 Å². The fraction of sp³-hybridized carbons (Fsp3) is 0.167. The van der Waals surface area contributed by atoms with Gasteiger partial charge in [0.1, 0.15) is 5.76 Å². The van der Waals surface area contributed by atoms with E-state index in [1.807, 2.05) is 17.5 Å². The monoisotopic (exact) mass is 390 g/mol. The van der Waals surface area contributed by atoms with Gasteiger partial charge in [-0.25, -0.2) is 0 Å². The van der Waals surface area contributed by atoms with Crippen LogP contribution in [-0.4, -0.2) is 22.3 Å². The summed E-state index contributed by atoms with van der Waals surface area (Å²) in [5.41, 5.74) is -0.0624. The maximum Gasteiger partial charge on any atom is 0.270 e. The van der Waals surface area contributed by atoms with Crippen LogP contribution in [-0.2, 0) is 13.0 Å². The second-order valence-corrected chi connectivity index (χ2v) is 7.00. The van der Waals surface area contributed by atoms with E-state index in [-0.39, 0.29) is 28.7 Å². The lowest BCUT2D eigenvalue weighted by atomic mass is 10.1. The van der Waals surface area contributed by atoms with E-state index in [1.165, 1.54) is 24.5 Å². The number of thiophene rings is 1. The fourth-order valence-corrected chi connectivity index (χ4v) is 3.40. The summed E-state index contributed by atoms with van der Waals surface area (Å²) in [5, 5.41) is 13.2. The molecule has 1 aromatic carbocycles. The van der Waals surface area contributed by atoms with E-state index in [0.29, 0.717) is 18.7 Å². The van der Waals surface area contributed by atoms with Gasteiger partial charge >= 0.3 is 0 Å². The summed E-state index contributed by atoms with van der Waals surface area (Å²) in [4.78, 5) is 26.2. The van der Waals surface area contributed by atoms with Crippen molar-refractivity contribution < 1.29 is 14.1 Å². The summed E-state index contributed by atoms with van der Waals surface area (Å²) >= 11 is 7.74. The van der Waals surface area contributed by atoms with Gasteiger partial charge in [-0.1, -0.05) is 17.7 Å². The molecule has 2 heterocycles. The van der Waals surface area contributed by atoms with E-state index in [2.05, 4.69) is 0 Å². The molecule has 0 N–H and O–H groups in total. The minimum Gasteiger partial charge on any atom is -0.467 e. The van der Waals surface area contributed by atoms with Crippen LogP contribution in [0.1, 0.15) is 21.0 Å². The van der Waals surface area contributed by atoms with E-state index >= 15 is 0 Å². The van der Waals surface area contributed by atoms with Gasteiger partial charge in [0, 0.05) is 23.6 Å². The molecular formula is C18H15ClN2O4S. The number of benzene rings is 1. The Bertz CT molecular complexity index is 894. The van der Waals surface area contributed by atoms with Crippen LogP contribution in [0.2, 0.25) is 5.02 Å². The number of amides is 1. The molecule has 0 saturated carbocycles. The van der Waals surface area contributed by atoms with Crippen molar-refractivity contribution in [1.29, 1.82) is 0 Å². The first kappa shape index (κ1) is 18.2. The van der Waals surface area contributed by atoms with Crippen molar-refractivity contribution >= 4 is 34.5 Å². The minimum absolute atomic E-state index is 0.110. The van der Waals surface area contributed by atoms with E-state index in [9.17, 15) is 14.9 Å². The zero-order valence-corrected chi connectivity index (χ0v) is 15.2. The van der Waals surface area contributed by atoms with Gasteiger partial charge in [0.2, 0.25) is 0 Å². The molecule has 0 unspecified atom stereocenters. The Morgan fingerprint density at radius 1 is 1.27 bits per heavy atom. The minimum atomic E-state index is -0.546. The number of carbonyl (C=O) groups excluding carboxylic acids is 1. The highest BCUT2D eigenvalue weighted by atomic mass is 35.5. The molecule has 6 nitrogen and oxygen atoms in total. The van der Waals surface area contributed by atoms with Crippen molar-refractivity contribution in [3.63, 3.8) is 0 Å². The molecule has 8 heteroatoms. The normalized spacial score (nSPS) is 10.7. The summed E-state index contributed by atoms with van der Waals surface area (Å²) in [5.74, 6) is 0.262. The highest BCUT2D eigenvalue weighted by Gasteiger charge is 2.22. The Kier molecular flexibility index (Phi) is 5.70. The van der Waals surface area contributed by atoms with Gasteiger partial charge in [0.05, 0.1) is 28.3 Å². The number of nitro benzene ring substituents is 1. The number of carbonyl (C=O) groups is 1. The van der Waals surface area contributed by atoms with E-state index in [4.69, 9.17) is 16.0 Å². The summed E-state index contributed by atoms with van der Waals surface area (Å²) < 4.78 is 5.35. The maximum atomic E-state index is 13.0. The van der Waals surface area contributed by atoms with Gasteiger partial charge in [0.15, 0.2) is 0 Å². The molecule has 0 radical (unpaired) electrons. The first-order chi connectivity index (χ1) is 12.5. The molecule has 0 aliphatic carbocycles. The quantitative estimate of drug-likeness (QED) is 0.429. The molecule has 0 aliphatic heterocycles. The molecule has 3 rings (SSSR count). The Labute approximate surface area is 158 Å². The maximum absolute atomic E-state index is 13.0. The zero-order chi connectivity index (χ0) is 18.5. The topological polar surface area (TPSA) is 76.6 Å². The van der Waals surface area contributed by atoms with Crippen molar-refractivity contribution in [3.8, 4) is 0 Å². The van der Waals surface area contributed by atoms with Crippen LogP contribution in [0.25, 0.3) is 0 Å². The van der Waals surface area contributed by atoms with E-state index in [0.717, 1.165) is 4.88 Å². The van der Waals surface area contributed by atoms with Gasteiger partial charge in [0.25, 0.3) is 11.6 Å². The molecule has 134 valence electrons. The molecule has 0 aliphatic rings. The molecule has 0 saturated heterocycles. The van der Waals surface area contributed by atoms with Crippen molar-refractivity contribution in [2.45, 2.75) is 13.0 Å². The average Bonchev–Trinajstić information content (AvgIpc) is 3.32. The van der Waals surface area contributed by atoms with Gasteiger partial charge in [-0.15, -0.1) is 11.3 Å². The number of hydrogen-bond acceptors (Lipinski definition) is 5. The summed E-state index contributed by atoms with van der Waals surface area (Å²) in [6, 6.07) is 11.3. The summed E-state index contributed by atoms with van der Waals surface area (Å²) in [6.07, 6.45) is 2.22. The molecule has 0 atom stereocenters. The smallest absolute Gasteiger partial charge is 0.270 e. The van der Waals surface area contributed by atoms with Crippen molar-refractivity contribution in [1.82, 2.24) is 4.90 Å². The second-order valence-electron chi connectivity index (χ2n) is 5.56. The second kappa shape index (κ2) is 8.16. The third-order valence-electron chi connectivity index (χ3n) is 3.81. The predicted octanol–water partition coefficient (Wildman–Crippen LogP) is 4.79. The molecule has 2 aromatic heterocycles. The first-order valence-electron chi connectivity index (χ1n) is 7.82. The van der Waals surface area contributed by atoms with Crippen molar-refractivity contribution in [2.75, 3.05) is 6.54 Å². The number of hydrogen-bond donors (Lipinski definition) is 0. The van der Waals surface area contributed by atoms with Gasteiger partial charge in [-0.05, 0) is 36.1 Å². The summed E-state index contributed by atoms with van der Waals surface area (Å²) in [7, 11) is 0. The highest BCUT2D eigenvalue weighted by Crippen LogP contribution is 2.24. The van der Waals surface area contributed by atoms with Gasteiger partial charge < -0.3 is 9.32 Å². The van der Waals surface area contributed by atoms with Crippen LogP contribution in [0.15, 0.2) is 58.5 Å². The average molecular weight is 391 g/mol. The lowest BCUT2D eigenvalue weighted by Crippen LogP contribution is -2.32. The van der Waals surface area contributed by atoms with Crippen LogP contribution >= 0.6 is 22.9 Å². The highest BCUT2D eigenvalue weighted by molar-refractivity contribution is 7.09. The van der Waals surface area contributed by atoms with Crippen molar-refractivity contribution in [2.24, 2.45) is 0 Å². The molecule has 3 aromatic rings. The lowest BCUT2D eigenvalue weighted by Gasteiger charge is -2.22. The number of nitrogens with zero attached hydrogens (tertiary/aromatic N) is 2. The number of non-ortho nitro benzene ring substituents is 1. The SMILES string of the molecule is O=C(c1cc([N+](=O)[O-])ccc1Cl)N(CCc1cccs1)Cc1ccco1. The van der Waals surface area contributed by atoms with Crippen molar-refractivity contribution in [3.05, 3.63) is 85.4 Å². The zero-order valence-electron chi connectivity index (χ0n) is 13.6. The number of halogens is 1. The van der Waals surface area contributed by atoms with Gasteiger partial charge in [-0.3, -0.25) is 14.9 Å². The molecule has 1 amide bonds. The number of nitro groups is 1. The van der Waals surface area contributed by atoms with Crippen LogP contribution < -0.4 is 0 Å². The largest absolute Gasteiger partial charge is 0.467 e. The first-order valence-corrected chi connectivity index (χ1v) is 9.08. The van der Waals surface area contributed by atoms with Crippen LogP contribution in [0.4, 0.5) is 5.69 Å². The van der Waals surface area contributed by atoms with Crippen LogP contribution in [0.5, 0.6) is 0 Å². The molecule has 0 spiro atoms. The number of rotatable bonds is 7. The third kappa shape index (κ3) is 4.30. The van der Waals surface area contributed by atoms with Crippen LogP contribution in [0.3, 0.4) is 0 Å².